The highest BCUT2D eigenvalue weighted by Crippen LogP contribution is 2.33. The Morgan fingerprint density at radius 2 is 1.95 bits per heavy atom. The minimum absolute atomic E-state index is 0.0271. The lowest BCUT2D eigenvalue weighted by Crippen LogP contribution is -2.46. The number of carbonyl (C=O) groups is 1. The summed E-state index contributed by atoms with van der Waals surface area (Å²) >= 11 is 0. The molecule has 0 spiro atoms. The summed E-state index contributed by atoms with van der Waals surface area (Å²) in [5, 5.41) is 9.57. The maximum atomic E-state index is 11.5. The van der Waals surface area contributed by atoms with Gasteiger partial charge in [0.1, 0.15) is 0 Å². The quantitative estimate of drug-likeness (QED) is 0.653. The molecule has 0 aromatic rings. The van der Waals surface area contributed by atoms with Gasteiger partial charge in [0.15, 0.2) is 0 Å². The van der Waals surface area contributed by atoms with Crippen LogP contribution < -0.4 is 16.0 Å². The van der Waals surface area contributed by atoms with Crippen molar-refractivity contribution < 1.29 is 4.79 Å². The van der Waals surface area contributed by atoms with E-state index in [-0.39, 0.29) is 6.03 Å². The zero-order valence-electron chi connectivity index (χ0n) is 12.4. The molecule has 4 nitrogen and oxygen atoms in total. The predicted octanol–water partition coefficient (Wildman–Crippen LogP) is 2.34. The molecular weight excluding hydrogens is 250 g/mol. The number of rotatable bonds is 6. The van der Waals surface area contributed by atoms with Crippen molar-refractivity contribution >= 4 is 6.03 Å². The highest BCUT2D eigenvalue weighted by atomic mass is 16.2. The highest BCUT2D eigenvalue weighted by molar-refractivity contribution is 5.74. The number of carbonyl (C=O) groups excluding carboxylic acids is 1. The SMILES string of the molecule is C=CC=CC1CC1NC1CCC(NC(=O)NCC)CC1. The van der Waals surface area contributed by atoms with Crippen LogP contribution in [0.5, 0.6) is 0 Å². The van der Waals surface area contributed by atoms with Crippen molar-refractivity contribution in [3.8, 4) is 0 Å². The number of urea groups is 1. The van der Waals surface area contributed by atoms with Gasteiger partial charge in [0.25, 0.3) is 0 Å². The van der Waals surface area contributed by atoms with Crippen LogP contribution in [0.2, 0.25) is 0 Å². The lowest BCUT2D eigenvalue weighted by molar-refractivity contribution is 0.229. The Labute approximate surface area is 122 Å². The predicted molar refractivity (Wildman–Crippen MR) is 82.6 cm³/mol. The van der Waals surface area contributed by atoms with Crippen LogP contribution in [0.4, 0.5) is 4.79 Å². The fourth-order valence-electron chi connectivity index (χ4n) is 2.94. The second kappa shape index (κ2) is 7.48. The average Bonchev–Trinajstić information content (AvgIpc) is 3.17. The molecule has 2 fully saturated rings. The van der Waals surface area contributed by atoms with E-state index >= 15 is 0 Å². The molecule has 0 bridgehead atoms. The fraction of sp³-hybridized carbons (Fsp3) is 0.688. The van der Waals surface area contributed by atoms with Crippen molar-refractivity contribution in [3.05, 3.63) is 24.8 Å². The molecule has 2 saturated carbocycles. The third-order valence-corrected chi connectivity index (χ3v) is 4.18. The molecule has 0 saturated heterocycles. The third-order valence-electron chi connectivity index (χ3n) is 4.18. The molecule has 2 amide bonds. The Morgan fingerprint density at radius 3 is 2.60 bits per heavy atom. The van der Waals surface area contributed by atoms with E-state index in [1.54, 1.807) is 0 Å². The van der Waals surface area contributed by atoms with Crippen molar-refractivity contribution in [2.75, 3.05) is 6.54 Å². The summed E-state index contributed by atoms with van der Waals surface area (Å²) in [6.07, 6.45) is 11.8. The van der Waals surface area contributed by atoms with Gasteiger partial charge in [-0.15, -0.1) is 0 Å². The van der Waals surface area contributed by atoms with Crippen LogP contribution in [0.15, 0.2) is 24.8 Å². The molecule has 2 aliphatic rings. The summed E-state index contributed by atoms with van der Waals surface area (Å²) in [4.78, 5) is 11.5. The molecule has 0 aromatic carbocycles. The molecule has 2 unspecified atom stereocenters. The van der Waals surface area contributed by atoms with Crippen molar-refractivity contribution in [1.82, 2.24) is 16.0 Å². The van der Waals surface area contributed by atoms with Gasteiger partial charge in [-0.2, -0.15) is 0 Å². The van der Waals surface area contributed by atoms with Gasteiger partial charge in [-0.25, -0.2) is 4.79 Å². The van der Waals surface area contributed by atoms with Crippen LogP contribution in [-0.4, -0.2) is 30.7 Å². The zero-order chi connectivity index (χ0) is 14.4. The first-order chi connectivity index (χ1) is 9.72. The Hall–Kier alpha value is -1.29. The molecule has 3 N–H and O–H groups in total. The maximum absolute atomic E-state index is 11.5. The Balaban J connectivity index is 1.61. The van der Waals surface area contributed by atoms with E-state index in [9.17, 15) is 4.79 Å². The summed E-state index contributed by atoms with van der Waals surface area (Å²) in [5.41, 5.74) is 0. The normalized spacial score (nSPS) is 32.9. The second-order valence-corrected chi connectivity index (χ2v) is 5.85. The monoisotopic (exact) mass is 277 g/mol. The molecule has 2 aliphatic carbocycles. The number of hydrogen-bond donors (Lipinski definition) is 3. The molecule has 0 radical (unpaired) electrons. The molecule has 2 atom stereocenters. The van der Waals surface area contributed by atoms with Crippen molar-refractivity contribution in [2.45, 2.75) is 57.2 Å². The summed E-state index contributed by atoms with van der Waals surface area (Å²) in [7, 11) is 0. The van der Waals surface area contributed by atoms with Gasteiger partial charge in [0, 0.05) is 24.7 Å². The van der Waals surface area contributed by atoms with Crippen LogP contribution >= 0.6 is 0 Å². The largest absolute Gasteiger partial charge is 0.338 e. The van der Waals surface area contributed by atoms with Crippen LogP contribution in [0, 0.1) is 5.92 Å². The molecule has 20 heavy (non-hydrogen) atoms. The number of allylic oxidation sites excluding steroid dienone is 2. The number of hydrogen-bond acceptors (Lipinski definition) is 2. The van der Waals surface area contributed by atoms with Gasteiger partial charge in [0.05, 0.1) is 0 Å². The molecule has 4 heteroatoms. The minimum Gasteiger partial charge on any atom is -0.338 e. The van der Waals surface area contributed by atoms with Gasteiger partial charge >= 0.3 is 6.03 Å². The average molecular weight is 277 g/mol. The number of amides is 2. The summed E-state index contributed by atoms with van der Waals surface area (Å²) in [5.74, 6) is 0.694. The van der Waals surface area contributed by atoms with E-state index in [0.717, 1.165) is 25.7 Å². The summed E-state index contributed by atoms with van der Waals surface area (Å²) in [6, 6.07) is 1.59. The van der Waals surface area contributed by atoms with Gasteiger partial charge in [-0.3, -0.25) is 0 Å². The minimum atomic E-state index is -0.0271. The van der Waals surface area contributed by atoms with Crippen LogP contribution in [0.25, 0.3) is 0 Å². The maximum Gasteiger partial charge on any atom is 0.314 e. The zero-order valence-corrected chi connectivity index (χ0v) is 12.4. The van der Waals surface area contributed by atoms with E-state index in [4.69, 9.17) is 0 Å². The van der Waals surface area contributed by atoms with Crippen molar-refractivity contribution in [1.29, 1.82) is 0 Å². The third kappa shape index (κ3) is 4.67. The van der Waals surface area contributed by atoms with Gasteiger partial charge in [-0.05, 0) is 44.9 Å². The lowest BCUT2D eigenvalue weighted by atomic mass is 9.91. The Morgan fingerprint density at radius 1 is 1.25 bits per heavy atom. The molecule has 2 rings (SSSR count). The first-order valence-corrected chi connectivity index (χ1v) is 7.82. The Bertz CT molecular complexity index is 359. The van der Waals surface area contributed by atoms with E-state index < -0.39 is 0 Å². The fourth-order valence-corrected chi connectivity index (χ4v) is 2.94. The van der Waals surface area contributed by atoms with Gasteiger partial charge in [-0.1, -0.05) is 24.8 Å². The topological polar surface area (TPSA) is 53.2 Å². The molecule has 0 aliphatic heterocycles. The first kappa shape index (κ1) is 15.1. The number of nitrogens with one attached hydrogen (secondary N) is 3. The van der Waals surface area contributed by atoms with Gasteiger partial charge in [0.2, 0.25) is 0 Å². The van der Waals surface area contributed by atoms with Crippen LogP contribution in [0.1, 0.15) is 39.0 Å². The van der Waals surface area contributed by atoms with E-state index in [0.29, 0.717) is 30.6 Å². The van der Waals surface area contributed by atoms with Crippen LogP contribution in [0.3, 0.4) is 0 Å². The second-order valence-electron chi connectivity index (χ2n) is 5.85. The van der Waals surface area contributed by atoms with E-state index in [1.807, 2.05) is 19.1 Å². The summed E-state index contributed by atoms with van der Waals surface area (Å²) < 4.78 is 0. The standard InChI is InChI=1S/C16H27N3O/c1-3-5-6-12-11-15(12)18-13-7-9-14(10-8-13)19-16(20)17-4-2/h3,5-6,12-15,18H,1,4,7-11H2,2H3,(H2,17,19,20). The molecule has 112 valence electrons. The molecule has 0 aromatic heterocycles. The smallest absolute Gasteiger partial charge is 0.314 e. The Kier molecular flexibility index (Phi) is 5.65. The van der Waals surface area contributed by atoms with Crippen LogP contribution in [-0.2, 0) is 0 Å². The van der Waals surface area contributed by atoms with E-state index in [1.165, 1.54) is 6.42 Å². The van der Waals surface area contributed by atoms with E-state index in [2.05, 4.69) is 28.6 Å². The van der Waals surface area contributed by atoms with Crippen molar-refractivity contribution in [2.24, 2.45) is 5.92 Å². The van der Waals surface area contributed by atoms with Crippen molar-refractivity contribution in [3.63, 3.8) is 0 Å². The molecule has 0 heterocycles. The van der Waals surface area contributed by atoms with Gasteiger partial charge < -0.3 is 16.0 Å². The lowest BCUT2D eigenvalue weighted by Gasteiger charge is -2.30. The highest BCUT2D eigenvalue weighted by Gasteiger charge is 2.36. The summed E-state index contributed by atoms with van der Waals surface area (Å²) in [6.45, 7) is 6.32. The molecular formula is C16H27N3O. The first-order valence-electron chi connectivity index (χ1n) is 7.82.